The fourth-order valence-electron chi connectivity index (χ4n) is 2.49. The Hall–Kier alpha value is -1.35. The Morgan fingerprint density at radius 2 is 2.00 bits per heavy atom. The third-order valence-electron chi connectivity index (χ3n) is 3.38. The largest absolute Gasteiger partial charge is 0.338 e. The van der Waals surface area contributed by atoms with E-state index in [0.717, 1.165) is 36.2 Å². The molecular formula is C14H20N2O. The Bertz CT molecular complexity index is 408. The van der Waals surface area contributed by atoms with Gasteiger partial charge in [-0.2, -0.15) is 0 Å². The predicted molar refractivity (Wildman–Crippen MR) is 69.0 cm³/mol. The van der Waals surface area contributed by atoms with Crippen molar-refractivity contribution in [3.05, 3.63) is 34.9 Å². The molecule has 1 aliphatic rings. The van der Waals surface area contributed by atoms with Crippen LogP contribution in [0.4, 0.5) is 0 Å². The van der Waals surface area contributed by atoms with Crippen LogP contribution in [0.5, 0.6) is 0 Å². The minimum absolute atomic E-state index is 0.146. The fourth-order valence-corrected chi connectivity index (χ4v) is 2.49. The zero-order valence-electron chi connectivity index (χ0n) is 10.6. The van der Waals surface area contributed by atoms with E-state index in [4.69, 9.17) is 5.73 Å². The number of benzene rings is 1. The van der Waals surface area contributed by atoms with Crippen molar-refractivity contribution in [3.8, 4) is 0 Å². The van der Waals surface area contributed by atoms with E-state index in [0.29, 0.717) is 12.5 Å². The first-order chi connectivity index (χ1) is 8.10. The summed E-state index contributed by atoms with van der Waals surface area (Å²) >= 11 is 0. The lowest BCUT2D eigenvalue weighted by atomic mass is 10.1. The number of nitrogens with zero attached hydrogens (tertiary/aromatic N) is 1. The molecule has 17 heavy (non-hydrogen) atoms. The van der Waals surface area contributed by atoms with E-state index >= 15 is 0 Å². The molecule has 1 amide bonds. The van der Waals surface area contributed by atoms with Gasteiger partial charge in [-0.05, 0) is 44.9 Å². The topological polar surface area (TPSA) is 46.3 Å². The highest BCUT2D eigenvalue weighted by Crippen LogP contribution is 2.19. The molecule has 1 fully saturated rings. The van der Waals surface area contributed by atoms with Gasteiger partial charge in [0.1, 0.15) is 0 Å². The van der Waals surface area contributed by atoms with Crippen LogP contribution < -0.4 is 5.73 Å². The third-order valence-corrected chi connectivity index (χ3v) is 3.38. The normalized spacial score (nSPS) is 19.7. The maximum absolute atomic E-state index is 12.3. The van der Waals surface area contributed by atoms with Gasteiger partial charge in [0.2, 0.25) is 0 Å². The zero-order chi connectivity index (χ0) is 12.4. The van der Waals surface area contributed by atoms with Crippen LogP contribution >= 0.6 is 0 Å². The molecule has 0 aliphatic carbocycles. The molecule has 1 aliphatic heterocycles. The van der Waals surface area contributed by atoms with E-state index in [1.807, 2.05) is 30.9 Å². The molecule has 92 valence electrons. The van der Waals surface area contributed by atoms with Crippen LogP contribution in [0.1, 0.15) is 27.9 Å². The molecule has 3 heteroatoms. The first-order valence-corrected chi connectivity index (χ1v) is 6.18. The fraction of sp³-hybridized carbons (Fsp3) is 0.500. The summed E-state index contributed by atoms with van der Waals surface area (Å²) in [5, 5.41) is 0. The number of carbonyl (C=O) groups is 1. The van der Waals surface area contributed by atoms with Gasteiger partial charge in [-0.25, -0.2) is 0 Å². The molecule has 1 atom stereocenters. The summed E-state index contributed by atoms with van der Waals surface area (Å²) in [5.41, 5.74) is 8.73. The Labute approximate surface area is 103 Å². The monoisotopic (exact) mass is 232 g/mol. The molecule has 0 radical (unpaired) electrons. The van der Waals surface area contributed by atoms with E-state index in [1.54, 1.807) is 0 Å². The third kappa shape index (κ3) is 2.67. The number of carbonyl (C=O) groups excluding carboxylic acids is 1. The van der Waals surface area contributed by atoms with Gasteiger partial charge in [0.15, 0.2) is 0 Å². The Kier molecular flexibility index (Phi) is 3.48. The minimum Gasteiger partial charge on any atom is -0.338 e. The highest BCUT2D eigenvalue weighted by atomic mass is 16.2. The van der Waals surface area contributed by atoms with Gasteiger partial charge < -0.3 is 10.6 Å². The molecular weight excluding hydrogens is 212 g/mol. The molecule has 2 N–H and O–H groups in total. The second-order valence-electron chi connectivity index (χ2n) is 5.02. The van der Waals surface area contributed by atoms with Crippen molar-refractivity contribution in [2.75, 3.05) is 19.6 Å². The summed E-state index contributed by atoms with van der Waals surface area (Å²) in [7, 11) is 0. The van der Waals surface area contributed by atoms with E-state index in [2.05, 4.69) is 6.07 Å². The molecule has 0 bridgehead atoms. The second-order valence-corrected chi connectivity index (χ2v) is 5.02. The number of hydrogen-bond acceptors (Lipinski definition) is 2. The van der Waals surface area contributed by atoms with Crippen LogP contribution in [0, 0.1) is 19.8 Å². The average molecular weight is 232 g/mol. The molecule has 0 spiro atoms. The van der Waals surface area contributed by atoms with Gasteiger partial charge in [-0.15, -0.1) is 0 Å². The Morgan fingerprint density at radius 1 is 1.35 bits per heavy atom. The van der Waals surface area contributed by atoms with Gasteiger partial charge in [0.05, 0.1) is 0 Å². The summed E-state index contributed by atoms with van der Waals surface area (Å²) < 4.78 is 0. The van der Waals surface area contributed by atoms with Crippen LogP contribution in [0.3, 0.4) is 0 Å². The lowest BCUT2D eigenvalue weighted by molar-refractivity contribution is 0.0787. The van der Waals surface area contributed by atoms with Crippen LogP contribution in [0.15, 0.2) is 18.2 Å². The number of aryl methyl sites for hydroxylation is 2. The van der Waals surface area contributed by atoms with E-state index in [1.165, 1.54) is 0 Å². The quantitative estimate of drug-likeness (QED) is 0.844. The number of rotatable bonds is 2. The van der Waals surface area contributed by atoms with Gasteiger partial charge in [0, 0.05) is 18.7 Å². The molecule has 0 aromatic heterocycles. The van der Waals surface area contributed by atoms with E-state index in [-0.39, 0.29) is 5.91 Å². The second kappa shape index (κ2) is 4.88. The van der Waals surface area contributed by atoms with Crippen molar-refractivity contribution in [2.45, 2.75) is 20.3 Å². The van der Waals surface area contributed by atoms with Crippen molar-refractivity contribution in [2.24, 2.45) is 11.7 Å². The first kappa shape index (κ1) is 12.1. The summed E-state index contributed by atoms with van der Waals surface area (Å²) in [5.74, 6) is 0.623. The minimum atomic E-state index is 0.146. The molecule has 2 rings (SSSR count). The molecule has 0 unspecified atom stereocenters. The van der Waals surface area contributed by atoms with Crippen molar-refractivity contribution in [1.29, 1.82) is 0 Å². The van der Waals surface area contributed by atoms with Crippen LogP contribution in [-0.2, 0) is 0 Å². The molecule has 1 aromatic carbocycles. The smallest absolute Gasteiger partial charge is 0.253 e. The number of amides is 1. The molecule has 3 nitrogen and oxygen atoms in total. The summed E-state index contributed by atoms with van der Waals surface area (Å²) in [6.45, 7) is 6.37. The summed E-state index contributed by atoms with van der Waals surface area (Å²) in [6.07, 6.45) is 1.03. The van der Waals surface area contributed by atoms with Crippen LogP contribution in [0.25, 0.3) is 0 Å². The zero-order valence-corrected chi connectivity index (χ0v) is 10.6. The Morgan fingerprint density at radius 3 is 2.53 bits per heavy atom. The Balaban J connectivity index is 2.14. The van der Waals surface area contributed by atoms with E-state index in [9.17, 15) is 4.79 Å². The van der Waals surface area contributed by atoms with Gasteiger partial charge in [-0.3, -0.25) is 4.79 Å². The van der Waals surface area contributed by atoms with Gasteiger partial charge >= 0.3 is 0 Å². The van der Waals surface area contributed by atoms with Crippen molar-refractivity contribution >= 4 is 5.91 Å². The number of hydrogen-bond donors (Lipinski definition) is 1. The maximum Gasteiger partial charge on any atom is 0.253 e. The lowest BCUT2D eigenvalue weighted by Gasteiger charge is -2.17. The molecule has 1 saturated heterocycles. The van der Waals surface area contributed by atoms with Crippen molar-refractivity contribution in [3.63, 3.8) is 0 Å². The lowest BCUT2D eigenvalue weighted by Crippen LogP contribution is -2.29. The highest BCUT2D eigenvalue weighted by Gasteiger charge is 2.25. The maximum atomic E-state index is 12.3. The SMILES string of the molecule is Cc1cc(C)cc(C(=O)N2CC[C@@H](CN)C2)c1. The van der Waals surface area contributed by atoms with Gasteiger partial charge in [0.25, 0.3) is 5.91 Å². The highest BCUT2D eigenvalue weighted by molar-refractivity contribution is 5.94. The average Bonchev–Trinajstić information content (AvgIpc) is 2.75. The number of nitrogens with two attached hydrogens (primary N) is 1. The number of likely N-dealkylation sites (tertiary alicyclic amines) is 1. The molecule has 1 heterocycles. The van der Waals surface area contributed by atoms with Gasteiger partial charge in [-0.1, -0.05) is 17.2 Å². The molecule has 1 aromatic rings. The van der Waals surface area contributed by atoms with Crippen LogP contribution in [0.2, 0.25) is 0 Å². The standard InChI is InChI=1S/C14H20N2O/c1-10-5-11(2)7-13(6-10)14(17)16-4-3-12(8-15)9-16/h5-7,12H,3-4,8-9,15H2,1-2H3/t12-/m0/s1. The molecule has 0 saturated carbocycles. The summed E-state index contributed by atoms with van der Waals surface area (Å²) in [4.78, 5) is 14.2. The predicted octanol–water partition coefficient (Wildman–Crippen LogP) is 1.72. The van der Waals surface area contributed by atoms with Crippen molar-refractivity contribution < 1.29 is 4.79 Å². The first-order valence-electron chi connectivity index (χ1n) is 6.18. The summed E-state index contributed by atoms with van der Waals surface area (Å²) in [6, 6.07) is 6.01. The van der Waals surface area contributed by atoms with E-state index < -0.39 is 0 Å². The van der Waals surface area contributed by atoms with Crippen molar-refractivity contribution in [1.82, 2.24) is 4.90 Å². The van der Waals surface area contributed by atoms with Crippen LogP contribution in [-0.4, -0.2) is 30.4 Å².